The Kier molecular flexibility index (Phi) is 5.36. The molecule has 1 saturated heterocycles. The van der Waals surface area contributed by atoms with Crippen LogP contribution in [0.25, 0.3) is 0 Å². The highest BCUT2D eigenvalue weighted by Gasteiger charge is 2.45. The molecule has 1 fully saturated rings. The van der Waals surface area contributed by atoms with Crippen molar-refractivity contribution in [2.24, 2.45) is 0 Å². The standard InChI is InChI=1S/C22H27N3O2S.2H2/c1-13(2)25(4)12-15-5-8-17(9-6-15)23-21(26)16-7-10-19-18(11-16)24-22-20(27-22)14(3)28-19;;/h5-11,13-14,20,22,24H,12H2,1-4H3,(H,23,26);2*1H. The number of thioether (sulfide) groups is 1. The lowest BCUT2D eigenvalue weighted by atomic mass is 10.1. The summed E-state index contributed by atoms with van der Waals surface area (Å²) in [6.45, 7) is 7.43. The Hall–Kier alpha value is -2.02. The fourth-order valence-electron chi connectivity index (χ4n) is 3.27. The van der Waals surface area contributed by atoms with Crippen LogP contribution in [0.2, 0.25) is 0 Å². The van der Waals surface area contributed by atoms with Gasteiger partial charge in [-0.15, -0.1) is 11.8 Å². The average Bonchev–Trinajstić information content (AvgIpc) is 3.44. The third kappa shape index (κ3) is 4.19. The van der Waals surface area contributed by atoms with Crippen molar-refractivity contribution in [2.75, 3.05) is 17.7 Å². The van der Waals surface area contributed by atoms with Crippen LogP contribution < -0.4 is 10.6 Å². The van der Waals surface area contributed by atoms with Gasteiger partial charge in [-0.25, -0.2) is 0 Å². The van der Waals surface area contributed by atoms with Gasteiger partial charge in [0.1, 0.15) is 6.10 Å². The van der Waals surface area contributed by atoms with Crippen LogP contribution in [0.15, 0.2) is 47.4 Å². The lowest BCUT2D eigenvalue weighted by Crippen LogP contribution is -2.25. The number of amides is 1. The Morgan fingerprint density at radius 1 is 1.29 bits per heavy atom. The molecule has 5 nitrogen and oxygen atoms in total. The van der Waals surface area contributed by atoms with E-state index in [1.807, 2.05) is 30.3 Å². The molecule has 0 aromatic heterocycles. The number of carbonyl (C=O) groups is 1. The molecule has 2 aliphatic heterocycles. The summed E-state index contributed by atoms with van der Waals surface area (Å²) in [5, 5.41) is 6.80. The minimum Gasteiger partial charge on any atom is -0.357 e. The second-order valence-electron chi connectivity index (χ2n) is 7.86. The first-order valence-electron chi connectivity index (χ1n) is 9.74. The largest absolute Gasteiger partial charge is 0.357 e. The quantitative estimate of drug-likeness (QED) is 0.698. The molecule has 28 heavy (non-hydrogen) atoms. The van der Waals surface area contributed by atoms with Gasteiger partial charge in [0.15, 0.2) is 6.23 Å². The molecule has 2 N–H and O–H groups in total. The maximum atomic E-state index is 12.7. The second kappa shape index (κ2) is 7.78. The molecule has 0 bridgehead atoms. The summed E-state index contributed by atoms with van der Waals surface area (Å²) in [4.78, 5) is 16.2. The number of epoxide rings is 1. The third-order valence-corrected chi connectivity index (χ3v) is 6.62. The third-order valence-electron chi connectivity index (χ3n) is 5.37. The van der Waals surface area contributed by atoms with Crippen LogP contribution in [0.5, 0.6) is 0 Å². The Morgan fingerprint density at radius 2 is 2.04 bits per heavy atom. The molecule has 6 heteroatoms. The number of carbonyl (C=O) groups excluding carboxylic acids is 1. The van der Waals surface area contributed by atoms with Crippen LogP contribution in [-0.2, 0) is 11.3 Å². The molecule has 0 saturated carbocycles. The summed E-state index contributed by atoms with van der Waals surface area (Å²) in [6, 6.07) is 14.4. The van der Waals surface area contributed by atoms with Crippen molar-refractivity contribution < 1.29 is 12.4 Å². The minimum absolute atomic E-state index is 0. The molecule has 0 radical (unpaired) electrons. The van der Waals surface area contributed by atoms with Crippen LogP contribution in [0.1, 0.15) is 39.5 Å². The van der Waals surface area contributed by atoms with Crippen LogP contribution in [-0.4, -0.2) is 41.5 Å². The van der Waals surface area contributed by atoms with E-state index in [-0.39, 0.29) is 21.1 Å². The molecule has 1 amide bonds. The van der Waals surface area contributed by atoms with E-state index in [0.717, 1.165) is 17.9 Å². The van der Waals surface area contributed by atoms with Crippen molar-refractivity contribution >= 4 is 29.0 Å². The van der Waals surface area contributed by atoms with E-state index in [0.29, 0.717) is 16.9 Å². The predicted octanol–water partition coefficient (Wildman–Crippen LogP) is 4.90. The fraction of sp³-hybridized carbons (Fsp3) is 0.409. The van der Waals surface area contributed by atoms with Crippen LogP contribution in [0.4, 0.5) is 11.4 Å². The predicted molar refractivity (Wildman–Crippen MR) is 119 cm³/mol. The number of rotatable bonds is 5. The van der Waals surface area contributed by atoms with Gasteiger partial charge in [-0.05, 0) is 56.8 Å². The number of benzene rings is 2. The van der Waals surface area contributed by atoms with Crippen molar-refractivity contribution in [3.63, 3.8) is 0 Å². The molecule has 2 aromatic rings. The molecule has 2 heterocycles. The highest BCUT2D eigenvalue weighted by Crippen LogP contribution is 2.43. The van der Waals surface area contributed by atoms with Gasteiger partial charge in [-0.3, -0.25) is 9.69 Å². The maximum Gasteiger partial charge on any atom is 0.255 e. The number of fused-ring (bicyclic) bond motifs is 2. The number of nitrogens with one attached hydrogen (secondary N) is 2. The summed E-state index contributed by atoms with van der Waals surface area (Å²) in [5.74, 6) is -0.104. The van der Waals surface area contributed by atoms with E-state index in [1.54, 1.807) is 11.8 Å². The molecule has 4 rings (SSSR count). The maximum absolute atomic E-state index is 12.7. The van der Waals surface area contributed by atoms with Crippen LogP contribution >= 0.6 is 11.8 Å². The number of hydrogen-bond acceptors (Lipinski definition) is 5. The topological polar surface area (TPSA) is 56.9 Å². The zero-order valence-corrected chi connectivity index (χ0v) is 17.5. The molecule has 152 valence electrons. The molecule has 0 spiro atoms. The lowest BCUT2D eigenvalue weighted by Gasteiger charge is -2.21. The number of anilines is 2. The van der Waals surface area contributed by atoms with Gasteiger partial charge < -0.3 is 15.4 Å². The number of ether oxygens (including phenoxy) is 1. The number of hydrogen-bond donors (Lipinski definition) is 2. The molecular weight excluding hydrogens is 370 g/mol. The normalized spacial score (nSPS) is 22.9. The molecule has 2 aliphatic rings. The van der Waals surface area contributed by atoms with Crippen LogP contribution in [0, 0.1) is 0 Å². The average molecular weight is 402 g/mol. The van der Waals surface area contributed by atoms with Crippen molar-refractivity contribution in [1.29, 1.82) is 0 Å². The van der Waals surface area contributed by atoms with Gasteiger partial charge in [0.25, 0.3) is 5.91 Å². The van der Waals surface area contributed by atoms with Crippen molar-refractivity contribution in [1.82, 2.24) is 4.90 Å². The van der Waals surface area contributed by atoms with Gasteiger partial charge in [0, 0.05) is 36.8 Å². The molecular formula is C22H31N3O2S. The Morgan fingerprint density at radius 3 is 2.75 bits per heavy atom. The SMILES string of the molecule is CC1Sc2ccc(C(=O)Nc3ccc(CN(C)C(C)C)cc3)cc2NC2OC21.[HH].[HH]. The highest BCUT2D eigenvalue weighted by molar-refractivity contribution is 8.00. The van der Waals surface area contributed by atoms with E-state index < -0.39 is 0 Å². The van der Waals surface area contributed by atoms with E-state index in [4.69, 9.17) is 4.74 Å². The fourth-order valence-corrected chi connectivity index (χ4v) is 4.40. The molecule has 3 atom stereocenters. The minimum atomic E-state index is -0.104. The molecule has 0 aliphatic carbocycles. The zero-order valence-electron chi connectivity index (χ0n) is 16.7. The first-order chi connectivity index (χ1) is 13.4. The summed E-state index contributed by atoms with van der Waals surface area (Å²) in [5.41, 5.74) is 3.65. The van der Waals surface area contributed by atoms with Crippen molar-refractivity contribution in [2.45, 2.75) is 55.8 Å². The van der Waals surface area contributed by atoms with Crippen molar-refractivity contribution in [3.05, 3.63) is 53.6 Å². The highest BCUT2D eigenvalue weighted by atomic mass is 32.2. The Balaban J connectivity index is 0.00000160. The summed E-state index contributed by atoms with van der Waals surface area (Å²) < 4.78 is 5.64. The summed E-state index contributed by atoms with van der Waals surface area (Å²) >= 11 is 1.79. The van der Waals surface area contributed by atoms with Crippen molar-refractivity contribution in [3.8, 4) is 0 Å². The van der Waals surface area contributed by atoms with Crippen LogP contribution in [0.3, 0.4) is 0 Å². The molecule has 2 aromatic carbocycles. The number of nitrogens with zero attached hydrogens (tertiary/aromatic N) is 1. The molecule has 3 unspecified atom stereocenters. The van der Waals surface area contributed by atoms with E-state index in [2.05, 4.69) is 55.5 Å². The zero-order chi connectivity index (χ0) is 19.8. The Bertz CT molecular complexity index is 879. The van der Waals surface area contributed by atoms with E-state index in [1.165, 1.54) is 10.5 Å². The Labute approximate surface area is 173 Å². The first kappa shape index (κ1) is 19.3. The summed E-state index contributed by atoms with van der Waals surface area (Å²) in [6.07, 6.45) is 0.321. The van der Waals surface area contributed by atoms with Gasteiger partial charge in [-0.2, -0.15) is 0 Å². The van der Waals surface area contributed by atoms with Gasteiger partial charge >= 0.3 is 0 Å². The second-order valence-corrected chi connectivity index (χ2v) is 9.28. The van der Waals surface area contributed by atoms with Gasteiger partial charge in [-0.1, -0.05) is 19.1 Å². The van der Waals surface area contributed by atoms with Gasteiger partial charge in [0.05, 0.1) is 5.69 Å². The lowest BCUT2D eigenvalue weighted by molar-refractivity contribution is 0.102. The monoisotopic (exact) mass is 401 g/mol. The summed E-state index contributed by atoms with van der Waals surface area (Å²) in [7, 11) is 2.11. The smallest absolute Gasteiger partial charge is 0.255 e. The first-order valence-corrected chi connectivity index (χ1v) is 10.6. The van der Waals surface area contributed by atoms with Gasteiger partial charge in [0.2, 0.25) is 0 Å². The van der Waals surface area contributed by atoms with E-state index in [9.17, 15) is 4.79 Å². The van der Waals surface area contributed by atoms with E-state index >= 15 is 0 Å².